The van der Waals surface area contributed by atoms with Crippen molar-refractivity contribution in [1.29, 1.82) is 0 Å². The fraction of sp³-hybridized carbons (Fsp3) is 0.625. The van der Waals surface area contributed by atoms with Crippen LogP contribution < -0.4 is 10.6 Å². The highest BCUT2D eigenvalue weighted by Gasteiger charge is 2.24. The van der Waals surface area contributed by atoms with Crippen LogP contribution in [0.2, 0.25) is 0 Å². The second-order valence-corrected chi connectivity index (χ2v) is 5.90. The summed E-state index contributed by atoms with van der Waals surface area (Å²) in [5.74, 6) is 0.794. The van der Waals surface area contributed by atoms with E-state index in [4.69, 9.17) is 5.73 Å². The quantitative estimate of drug-likeness (QED) is 0.887. The molecule has 1 aromatic carbocycles. The topological polar surface area (TPSA) is 29.3 Å². The van der Waals surface area contributed by atoms with Crippen molar-refractivity contribution >= 4 is 5.69 Å². The minimum absolute atomic E-state index is 0.241. The van der Waals surface area contributed by atoms with Crippen molar-refractivity contribution in [3.63, 3.8) is 0 Å². The van der Waals surface area contributed by atoms with Gasteiger partial charge in [-0.05, 0) is 56.7 Å². The van der Waals surface area contributed by atoms with Crippen LogP contribution in [-0.2, 0) is 6.42 Å². The van der Waals surface area contributed by atoms with E-state index < -0.39 is 0 Å². The lowest BCUT2D eigenvalue weighted by Gasteiger charge is -2.39. The lowest BCUT2D eigenvalue weighted by Crippen LogP contribution is -2.42. The lowest BCUT2D eigenvalue weighted by atomic mass is 9.91. The van der Waals surface area contributed by atoms with E-state index in [0.29, 0.717) is 6.04 Å². The van der Waals surface area contributed by atoms with E-state index in [1.807, 2.05) is 0 Å². The minimum atomic E-state index is 0.241. The number of benzene rings is 1. The molecule has 18 heavy (non-hydrogen) atoms. The Kier molecular flexibility index (Phi) is 4.28. The van der Waals surface area contributed by atoms with Crippen molar-refractivity contribution in [3.05, 3.63) is 29.8 Å². The molecule has 0 radical (unpaired) electrons. The van der Waals surface area contributed by atoms with Gasteiger partial charge in [-0.15, -0.1) is 0 Å². The fourth-order valence-electron chi connectivity index (χ4n) is 2.90. The van der Waals surface area contributed by atoms with Crippen LogP contribution in [0.1, 0.15) is 39.2 Å². The normalized spacial score (nSPS) is 26.1. The van der Waals surface area contributed by atoms with Crippen molar-refractivity contribution < 1.29 is 0 Å². The predicted octanol–water partition coefficient (Wildman–Crippen LogP) is 3.20. The van der Waals surface area contributed by atoms with E-state index in [-0.39, 0.29) is 6.04 Å². The summed E-state index contributed by atoms with van der Waals surface area (Å²) in [4.78, 5) is 2.55. The van der Waals surface area contributed by atoms with Crippen LogP contribution >= 0.6 is 0 Å². The third-order valence-corrected chi connectivity index (χ3v) is 4.20. The molecule has 1 aliphatic rings. The summed E-state index contributed by atoms with van der Waals surface area (Å²) in [6.45, 7) is 7.96. The lowest BCUT2D eigenvalue weighted by molar-refractivity contribution is 0.363. The summed E-state index contributed by atoms with van der Waals surface area (Å²) in [7, 11) is 0. The Morgan fingerprint density at radius 2 is 1.94 bits per heavy atom. The third-order valence-electron chi connectivity index (χ3n) is 4.20. The van der Waals surface area contributed by atoms with Crippen LogP contribution in [0.25, 0.3) is 0 Å². The first-order chi connectivity index (χ1) is 8.58. The zero-order valence-corrected chi connectivity index (χ0v) is 11.9. The van der Waals surface area contributed by atoms with Crippen LogP contribution in [0.5, 0.6) is 0 Å². The summed E-state index contributed by atoms with van der Waals surface area (Å²) in [5.41, 5.74) is 8.54. The van der Waals surface area contributed by atoms with Crippen LogP contribution in [0.4, 0.5) is 5.69 Å². The highest BCUT2D eigenvalue weighted by Crippen LogP contribution is 2.28. The van der Waals surface area contributed by atoms with Gasteiger partial charge in [0.2, 0.25) is 0 Å². The van der Waals surface area contributed by atoms with E-state index in [0.717, 1.165) is 12.3 Å². The number of anilines is 1. The molecular weight excluding hydrogens is 220 g/mol. The Labute approximate surface area is 111 Å². The molecule has 0 aliphatic carbocycles. The monoisotopic (exact) mass is 246 g/mol. The van der Waals surface area contributed by atoms with Crippen LogP contribution in [-0.4, -0.2) is 18.6 Å². The molecule has 1 fully saturated rings. The summed E-state index contributed by atoms with van der Waals surface area (Å²) in [6.07, 6.45) is 3.64. The molecule has 2 nitrogen and oxygen atoms in total. The molecule has 100 valence electrons. The largest absolute Gasteiger partial charge is 0.369 e. The predicted molar refractivity (Wildman–Crippen MR) is 79.0 cm³/mol. The molecular formula is C16H26N2. The molecule has 0 saturated carbocycles. The van der Waals surface area contributed by atoms with E-state index in [1.165, 1.54) is 30.6 Å². The van der Waals surface area contributed by atoms with Crippen molar-refractivity contribution in [2.45, 2.75) is 52.1 Å². The van der Waals surface area contributed by atoms with Gasteiger partial charge in [0.05, 0.1) is 0 Å². The molecule has 3 atom stereocenters. The minimum Gasteiger partial charge on any atom is -0.369 e. The Balaban J connectivity index is 2.09. The Morgan fingerprint density at radius 1 is 1.28 bits per heavy atom. The van der Waals surface area contributed by atoms with E-state index in [2.05, 4.69) is 49.9 Å². The summed E-state index contributed by atoms with van der Waals surface area (Å²) < 4.78 is 0. The molecule has 3 unspecified atom stereocenters. The smallest absolute Gasteiger partial charge is 0.0368 e. The number of piperidine rings is 1. The van der Waals surface area contributed by atoms with Gasteiger partial charge in [0, 0.05) is 24.3 Å². The molecule has 1 saturated heterocycles. The molecule has 0 bridgehead atoms. The maximum absolute atomic E-state index is 5.84. The summed E-state index contributed by atoms with van der Waals surface area (Å²) in [5, 5.41) is 0. The average Bonchev–Trinajstić information content (AvgIpc) is 2.33. The fourth-order valence-corrected chi connectivity index (χ4v) is 2.90. The number of nitrogens with zero attached hydrogens (tertiary/aromatic N) is 1. The molecule has 0 spiro atoms. The van der Waals surface area contributed by atoms with Gasteiger partial charge in [-0.3, -0.25) is 0 Å². The van der Waals surface area contributed by atoms with Gasteiger partial charge >= 0.3 is 0 Å². The summed E-state index contributed by atoms with van der Waals surface area (Å²) >= 11 is 0. The Morgan fingerprint density at radius 3 is 2.56 bits per heavy atom. The molecule has 1 heterocycles. The van der Waals surface area contributed by atoms with E-state index in [1.54, 1.807) is 0 Å². The number of rotatable bonds is 3. The molecule has 1 aromatic rings. The second-order valence-electron chi connectivity index (χ2n) is 5.90. The van der Waals surface area contributed by atoms with Crippen molar-refractivity contribution in [1.82, 2.24) is 0 Å². The van der Waals surface area contributed by atoms with Gasteiger partial charge in [0.25, 0.3) is 0 Å². The van der Waals surface area contributed by atoms with Gasteiger partial charge in [-0.1, -0.05) is 19.1 Å². The number of hydrogen-bond donors (Lipinski definition) is 1. The van der Waals surface area contributed by atoms with Crippen LogP contribution in [0.3, 0.4) is 0 Å². The van der Waals surface area contributed by atoms with Gasteiger partial charge in [-0.2, -0.15) is 0 Å². The maximum atomic E-state index is 5.84. The molecule has 2 rings (SSSR count). The standard InChI is InChI=1S/C16H26N2/c1-12-5-4-10-18(14(12)3)16-8-6-15(7-9-16)11-13(2)17/h6-9,12-14H,4-5,10-11,17H2,1-3H3. The molecule has 1 aliphatic heterocycles. The molecule has 2 heteroatoms. The number of hydrogen-bond acceptors (Lipinski definition) is 2. The van der Waals surface area contributed by atoms with Crippen LogP contribution in [0, 0.1) is 5.92 Å². The van der Waals surface area contributed by atoms with Crippen molar-refractivity contribution in [2.24, 2.45) is 11.7 Å². The molecule has 2 N–H and O–H groups in total. The van der Waals surface area contributed by atoms with Crippen molar-refractivity contribution in [3.8, 4) is 0 Å². The van der Waals surface area contributed by atoms with Crippen molar-refractivity contribution in [2.75, 3.05) is 11.4 Å². The first kappa shape index (κ1) is 13.4. The first-order valence-corrected chi connectivity index (χ1v) is 7.19. The average molecular weight is 246 g/mol. The third kappa shape index (κ3) is 3.05. The summed E-state index contributed by atoms with van der Waals surface area (Å²) in [6, 6.07) is 9.86. The Bertz CT molecular complexity index is 369. The van der Waals surface area contributed by atoms with Crippen LogP contribution in [0.15, 0.2) is 24.3 Å². The highest BCUT2D eigenvalue weighted by molar-refractivity contribution is 5.49. The highest BCUT2D eigenvalue weighted by atomic mass is 15.2. The zero-order valence-electron chi connectivity index (χ0n) is 11.9. The number of nitrogens with two attached hydrogens (primary N) is 1. The van der Waals surface area contributed by atoms with E-state index >= 15 is 0 Å². The van der Waals surface area contributed by atoms with Gasteiger partial charge in [-0.25, -0.2) is 0 Å². The molecule has 0 aromatic heterocycles. The second kappa shape index (κ2) is 5.75. The van der Waals surface area contributed by atoms with Gasteiger partial charge in [0.1, 0.15) is 0 Å². The maximum Gasteiger partial charge on any atom is 0.0368 e. The van der Waals surface area contributed by atoms with Gasteiger partial charge in [0.15, 0.2) is 0 Å². The molecule has 0 amide bonds. The SMILES string of the molecule is CC(N)Cc1ccc(N2CCCC(C)C2C)cc1. The zero-order chi connectivity index (χ0) is 13.1. The van der Waals surface area contributed by atoms with Gasteiger partial charge < -0.3 is 10.6 Å². The van der Waals surface area contributed by atoms with E-state index in [9.17, 15) is 0 Å². The first-order valence-electron chi connectivity index (χ1n) is 7.19. The Hall–Kier alpha value is -1.02.